The van der Waals surface area contributed by atoms with Crippen LogP contribution in [-0.2, 0) is 9.47 Å². The van der Waals surface area contributed by atoms with Gasteiger partial charge < -0.3 is 9.47 Å². The van der Waals surface area contributed by atoms with Gasteiger partial charge in [0.05, 0.1) is 11.1 Å². The van der Waals surface area contributed by atoms with E-state index in [4.69, 9.17) is 9.47 Å². The number of benzene rings is 2. The van der Waals surface area contributed by atoms with Gasteiger partial charge >= 0.3 is 11.9 Å². The van der Waals surface area contributed by atoms with E-state index in [9.17, 15) is 9.59 Å². The Labute approximate surface area is 174 Å². The first-order valence-electron chi connectivity index (χ1n) is 10.5. The molecule has 0 amide bonds. The van der Waals surface area contributed by atoms with E-state index in [1.807, 2.05) is 43.3 Å². The van der Waals surface area contributed by atoms with Crippen LogP contribution in [0.15, 0.2) is 60.7 Å². The van der Waals surface area contributed by atoms with E-state index in [1.165, 1.54) is 0 Å². The molecule has 3 atom stereocenters. The highest BCUT2D eigenvalue weighted by Gasteiger charge is 2.43. The first-order valence-corrected chi connectivity index (χ1v) is 10.5. The van der Waals surface area contributed by atoms with Gasteiger partial charge in [-0.15, -0.1) is 0 Å². The highest BCUT2D eigenvalue weighted by molar-refractivity contribution is 5.90. The van der Waals surface area contributed by atoms with Crippen molar-refractivity contribution in [2.24, 2.45) is 5.41 Å². The normalized spacial score (nSPS) is 15.0. The summed E-state index contributed by atoms with van der Waals surface area (Å²) in [5.41, 5.74) is 0.568. The molecule has 4 nitrogen and oxygen atoms in total. The topological polar surface area (TPSA) is 52.6 Å². The molecule has 29 heavy (non-hydrogen) atoms. The van der Waals surface area contributed by atoms with Crippen LogP contribution in [0.1, 0.15) is 74.1 Å². The molecule has 0 aliphatic rings. The van der Waals surface area contributed by atoms with E-state index in [2.05, 4.69) is 20.8 Å². The number of carbonyl (C=O) groups excluding carboxylic acids is 2. The lowest BCUT2D eigenvalue weighted by Crippen LogP contribution is -2.46. The minimum Gasteiger partial charge on any atom is -0.458 e. The van der Waals surface area contributed by atoms with Gasteiger partial charge in [-0.05, 0) is 43.5 Å². The highest BCUT2D eigenvalue weighted by Crippen LogP contribution is 2.39. The zero-order chi connectivity index (χ0) is 21.3. The fourth-order valence-electron chi connectivity index (χ4n) is 3.68. The summed E-state index contributed by atoms with van der Waals surface area (Å²) >= 11 is 0. The molecule has 0 aromatic heterocycles. The van der Waals surface area contributed by atoms with Crippen LogP contribution in [-0.4, -0.2) is 24.1 Å². The SMILES string of the molecule is CCCC(OC(=O)c1ccccc1)C(C)(CC)C(CC)OC(=O)c1ccccc1. The highest BCUT2D eigenvalue weighted by atomic mass is 16.6. The lowest BCUT2D eigenvalue weighted by atomic mass is 9.73. The molecule has 4 heteroatoms. The van der Waals surface area contributed by atoms with Crippen molar-refractivity contribution in [3.63, 3.8) is 0 Å². The van der Waals surface area contributed by atoms with E-state index in [0.717, 1.165) is 12.8 Å². The number of carbonyl (C=O) groups is 2. The maximum Gasteiger partial charge on any atom is 0.338 e. The molecule has 156 valence electrons. The van der Waals surface area contributed by atoms with Crippen LogP contribution in [0.25, 0.3) is 0 Å². The summed E-state index contributed by atoms with van der Waals surface area (Å²) in [6.07, 6.45) is 2.24. The van der Waals surface area contributed by atoms with E-state index >= 15 is 0 Å². The van der Waals surface area contributed by atoms with E-state index in [0.29, 0.717) is 24.0 Å². The van der Waals surface area contributed by atoms with Crippen molar-refractivity contribution in [3.05, 3.63) is 71.8 Å². The Morgan fingerprint density at radius 2 is 1.24 bits per heavy atom. The Kier molecular flexibility index (Phi) is 8.44. The second kappa shape index (κ2) is 10.8. The smallest absolute Gasteiger partial charge is 0.338 e. The molecule has 0 aliphatic heterocycles. The third-order valence-electron chi connectivity index (χ3n) is 5.67. The van der Waals surface area contributed by atoms with Crippen LogP contribution >= 0.6 is 0 Å². The third-order valence-corrected chi connectivity index (χ3v) is 5.67. The molecule has 0 fully saturated rings. The van der Waals surface area contributed by atoms with Gasteiger partial charge in [-0.3, -0.25) is 0 Å². The minimum atomic E-state index is -0.486. The Morgan fingerprint density at radius 3 is 1.62 bits per heavy atom. The van der Waals surface area contributed by atoms with Crippen molar-refractivity contribution in [2.45, 2.75) is 65.6 Å². The summed E-state index contributed by atoms with van der Waals surface area (Å²) in [6, 6.07) is 18.0. The van der Waals surface area contributed by atoms with Crippen LogP contribution in [0.3, 0.4) is 0 Å². The van der Waals surface area contributed by atoms with Gasteiger partial charge in [-0.25, -0.2) is 9.59 Å². The zero-order valence-electron chi connectivity index (χ0n) is 17.9. The van der Waals surface area contributed by atoms with Crippen molar-refractivity contribution in [1.29, 1.82) is 0 Å². The van der Waals surface area contributed by atoms with E-state index in [-0.39, 0.29) is 24.1 Å². The van der Waals surface area contributed by atoms with E-state index < -0.39 is 5.41 Å². The van der Waals surface area contributed by atoms with Gasteiger partial charge in [0.25, 0.3) is 0 Å². The third kappa shape index (κ3) is 5.69. The van der Waals surface area contributed by atoms with Gasteiger partial charge in [0, 0.05) is 5.41 Å². The molecule has 2 aromatic rings. The molecule has 3 unspecified atom stereocenters. The standard InChI is InChI=1S/C25H32O4/c1-5-14-22(29-24(27)20-17-12-9-13-18-20)25(4,7-3)21(6-2)28-23(26)19-15-10-8-11-16-19/h8-13,15-18,21-22H,5-7,14H2,1-4H3. The predicted octanol–water partition coefficient (Wildman–Crippen LogP) is 6.06. The molecule has 0 spiro atoms. The molecule has 0 aliphatic carbocycles. The molecule has 0 radical (unpaired) electrons. The number of hydrogen-bond acceptors (Lipinski definition) is 4. The number of ether oxygens (including phenoxy) is 2. The van der Waals surface area contributed by atoms with Crippen molar-refractivity contribution < 1.29 is 19.1 Å². The molecular formula is C25H32O4. The minimum absolute atomic E-state index is 0.340. The summed E-state index contributed by atoms with van der Waals surface area (Å²) in [5.74, 6) is -0.685. The molecule has 0 heterocycles. The molecule has 0 bridgehead atoms. The largest absolute Gasteiger partial charge is 0.458 e. The Hall–Kier alpha value is -2.62. The van der Waals surface area contributed by atoms with Crippen LogP contribution in [0, 0.1) is 5.41 Å². The van der Waals surface area contributed by atoms with Crippen LogP contribution in [0.5, 0.6) is 0 Å². The molecule has 0 saturated carbocycles. The number of hydrogen-bond donors (Lipinski definition) is 0. The monoisotopic (exact) mass is 396 g/mol. The summed E-state index contributed by atoms with van der Waals surface area (Å²) in [7, 11) is 0. The summed E-state index contributed by atoms with van der Waals surface area (Å²) in [4.78, 5) is 25.4. The second-order valence-electron chi connectivity index (χ2n) is 7.58. The molecule has 0 saturated heterocycles. The van der Waals surface area contributed by atoms with Gasteiger partial charge in [-0.2, -0.15) is 0 Å². The maximum atomic E-state index is 12.7. The fraction of sp³-hybridized carbons (Fsp3) is 0.440. The van der Waals surface area contributed by atoms with Gasteiger partial charge in [-0.1, -0.05) is 70.5 Å². The van der Waals surface area contributed by atoms with Gasteiger partial charge in [0.15, 0.2) is 0 Å². The lowest BCUT2D eigenvalue weighted by Gasteiger charge is -2.41. The Bertz CT molecular complexity index is 772. The summed E-state index contributed by atoms with van der Waals surface area (Å²) < 4.78 is 11.9. The average Bonchev–Trinajstić information content (AvgIpc) is 2.77. The first kappa shape index (κ1) is 22.7. The fourth-order valence-corrected chi connectivity index (χ4v) is 3.68. The van der Waals surface area contributed by atoms with Gasteiger partial charge in [0.2, 0.25) is 0 Å². The van der Waals surface area contributed by atoms with E-state index in [1.54, 1.807) is 24.3 Å². The van der Waals surface area contributed by atoms with Crippen molar-refractivity contribution in [1.82, 2.24) is 0 Å². The summed E-state index contributed by atoms with van der Waals surface area (Å²) in [6.45, 7) is 8.17. The molecular weight excluding hydrogens is 364 g/mol. The van der Waals surface area contributed by atoms with Crippen LogP contribution < -0.4 is 0 Å². The number of esters is 2. The van der Waals surface area contributed by atoms with Crippen LogP contribution in [0.2, 0.25) is 0 Å². The molecule has 2 rings (SSSR count). The van der Waals surface area contributed by atoms with Crippen LogP contribution in [0.4, 0.5) is 0 Å². The Balaban J connectivity index is 2.24. The molecule has 0 N–H and O–H groups in total. The number of rotatable bonds is 10. The predicted molar refractivity (Wildman–Crippen MR) is 115 cm³/mol. The molecule has 2 aromatic carbocycles. The maximum absolute atomic E-state index is 12.7. The zero-order valence-corrected chi connectivity index (χ0v) is 17.9. The second-order valence-corrected chi connectivity index (χ2v) is 7.58. The summed E-state index contributed by atoms with van der Waals surface area (Å²) in [5, 5.41) is 0. The van der Waals surface area contributed by atoms with Gasteiger partial charge in [0.1, 0.15) is 12.2 Å². The lowest BCUT2D eigenvalue weighted by molar-refractivity contribution is -0.0859. The van der Waals surface area contributed by atoms with Crippen molar-refractivity contribution >= 4 is 11.9 Å². The first-order chi connectivity index (χ1) is 14.0. The quantitative estimate of drug-likeness (QED) is 0.458. The van der Waals surface area contributed by atoms with Crippen molar-refractivity contribution in [2.75, 3.05) is 0 Å². The van der Waals surface area contributed by atoms with Crippen molar-refractivity contribution in [3.8, 4) is 0 Å². The average molecular weight is 397 g/mol. The Morgan fingerprint density at radius 1 is 0.793 bits per heavy atom.